The zero-order valence-corrected chi connectivity index (χ0v) is 8.29. The van der Waals surface area contributed by atoms with Crippen LogP contribution in [0.15, 0.2) is 44.7 Å². The molecule has 1 rings (SSSR count). The summed E-state index contributed by atoms with van der Waals surface area (Å²) < 4.78 is 26.0. The fourth-order valence-corrected chi connectivity index (χ4v) is 1.72. The zero-order valence-electron chi connectivity index (χ0n) is 7.48. The van der Waals surface area contributed by atoms with Crippen molar-refractivity contribution >= 4 is 16.0 Å². The van der Waals surface area contributed by atoms with E-state index < -0.39 is 16.0 Å². The summed E-state index contributed by atoms with van der Waals surface area (Å²) >= 11 is 0. The Bertz CT molecular complexity index is 516. The van der Waals surface area contributed by atoms with Crippen LogP contribution in [0.2, 0.25) is 0 Å². The molecular formula is C7H7N5O2S. The Morgan fingerprint density at radius 2 is 1.93 bits per heavy atom. The molecule has 7 nitrogen and oxygen atoms in total. The Labute approximate surface area is 85.9 Å². The van der Waals surface area contributed by atoms with Gasteiger partial charge >= 0.3 is 0 Å². The van der Waals surface area contributed by atoms with Gasteiger partial charge in [0.15, 0.2) is 0 Å². The van der Waals surface area contributed by atoms with Crippen molar-refractivity contribution in [1.29, 1.82) is 0 Å². The molecule has 0 aliphatic heterocycles. The van der Waals surface area contributed by atoms with Gasteiger partial charge in [-0.1, -0.05) is 18.2 Å². The van der Waals surface area contributed by atoms with E-state index in [4.69, 9.17) is 11.3 Å². The number of nitrogens with zero attached hydrogens (tertiary/aromatic N) is 4. The Hall–Kier alpha value is -2.05. The third-order valence-electron chi connectivity index (χ3n) is 1.40. The van der Waals surface area contributed by atoms with Gasteiger partial charge in [-0.15, -0.1) is 4.40 Å². The fraction of sp³-hybridized carbons (Fsp3) is 0. The molecule has 0 heterocycles. The molecule has 0 aliphatic rings. The maximum Gasteiger partial charge on any atom is 0.284 e. The molecule has 1 aromatic rings. The number of hydrogen-bond donors (Lipinski definition) is 1. The van der Waals surface area contributed by atoms with Crippen molar-refractivity contribution in [3.8, 4) is 0 Å². The van der Waals surface area contributed by atoms with E-state index >= 15 is 0 Å². The van der Waals surface area contributed by atoms with Crippen molar-refractivity contribution in [2.45, 2.75) is 4.90 Å². The second-order valence-corrected chi connectivity index (χ2v) is 4.03. The molecule has 2 N–H and O–H groups in total. The third kappa shape index (κ3) is 2.97. The average molecular weight is 225 g/mol. The SMILES string of the molecule is [N-]=[N+]=NC(N)=NS(=O)(=O)c1ccccc1. The van der Waals surface area contributed by atoms with Gasteiger partial charge in [-0.2, -0.15) is 8.42 Å². The largest absolute Gasteiger partial charge is 0.381 e. The van der Waals surface area contributed by atoms with Gasteiger partial charge in [-0.05, 0) is 22.8 Å². The first kappa shape index (κ1) is 11.0. The van der Waals surface area contributed by atoms with E-state index in [9.17, 15) is 8.42 Å². The highest BCUT2D eigenvalue weighted by molar-refractivity contribution is 7.90. The van der Waals surface area contributed by atoms with Crippen molar-refractivity contribution in [2.24, 2.45) is 15.2 Å². The van der Waals surface area contributed by atoms with Crippen LogP contribution in [0.4, 0.5) is 0 Å². The quantitative estimate of drug-likeness (QED) is 0.265. The monoisotopic (exact) mass is 225 g/mol. The lowest BCUT2D eigenvalue weighted by Gasteiger charge is -1.97. The molecule has 78 valence electrons. The number of guanidine groups is 1. The third-order valence-corrected chi connectivity index (χ3v) is 2.70. The maximum absolute atomic E-state index is 11.5. The fourth-order valence-electron chi connectivity index (χ4n) is 0.832. The van der Waals surface area contributed by atoms with E-state index in [1.165, 1.54) is 12.1 Å². The lowest BCUT2D eigenvalue weighted by Crippen LogP contribution is -2.10. The lowest BCUT2D eigenvalue weighted by atomic mass is 10.4. The van der Waals surface area contributed by atoms with E-state index in [0.29, 0.717) is 0 Å². The predicted molar refractivity (Wildman–Crippen MR) is 54.4 cm³/mol. The molecule has 15 heavy (non-hydrogen) atoms. The number of azide groups is 1. The van der Waals surface area contributed by atoms with Crippen molar-refractivity contribution in [2.75, 3.05) is 0 Å². The van der Waals surface area contributed by atoms with Gasteiger partial charge in [0.05, 0.1) is 4.90 Å². The second kappa shape index (κ2) is 4.45. The van der Waals surface area contributed by atoms with Crippen LogP contribution in [-0.2, 0) is 10.0 Å². The minimum atomic E-state index is -3.88. The molecule has 0 saturated heterocycles. The van der Waals surface area contributed by atoms with Crippen molar-refractivity contribution < 1.29 is 8.42 Å². The van der Waals surface area contributed by atoms with Gasteiger partial charge in [0.25, 0.3) is 10.0 Å². The standard InChI is InChI=1S/C7H7N5O2S/c8-7(10-12-9)11-15(13,14)6-4-2-1-3-5-6/h1-5H,(H2,8,11). The first-order valence-corrected chi connectivity index (χ1v) is 5.21. The van der Waals surface area contributed by atoms with Gasteiger partial charge in [0.2, 0.25) is 5.96 Å². The second-order valence-electron chi connectivity index (χ2n) is 2.43. The smallest absolute Gasteiger partial charge is 0.284 e. The summed E-state index contributed by atoms with van der Waals surface area (Å²) in [7, 11) is -3.88. The van der Waals surface area contributed by atoms with E-state index in [-0.39, 0.29) is 4.90 Å². The number of benzene rings is 1. The Kier molecular flexibility index (Phi) is 3.27. The molecule has 0 fully saturated rings. The van der Waals surface area contributed by atoms with Gasteiger partial charge < -0.3 is 5.73 Å². The van der Waals surface area contributed by atoms with Crippen LogP contribution < -0.4 is 5.73 Å². The molecule has 0 spiro atoms. The Balaban J connectivity index is 3.16. The van der Waals surface area contributed by atoms with Gasteiger partial charge in [-0.3, -0.25) is 0 Å². The number of rotatable bonds is 2. The summed E-state index contributed by atoms with van der Waals surface area (Å²) in [6, 6.07) is 7.49. The van der Waals surface area contributed by atoms with Crippen LogP contribution >= 0.6 is 0 Å². The zero-order chi connectivity index (χ0) is 11.3. The highest BCUT2D eigenvalue weighted by atomic mass is 32.2. The van der Waals surface area contributed by atoms with Crippen LogP contribution in [0.1, 0.15) is 0 Å². The highest BCUT2D eigenvalue weighted by Gasteiger charge is 2.11. The van der Waals surface area contributed by atoms with Crippen LogP contribution in [0, 0.1) is 0 Å². The Morgan fingerprint density at radius 3 is 2.47 bits per heavy atom. The summed E-state index contributed by atoms with van der Waals surface area (Å²) in [5.41, 5.74) is 13.1. The summed E-state index contributed by atoms with van der Waals surface area (Å²) in [4.78, 5) is 2.31. The molecular weight excluding hydrogens is 218 g/mol. The van der Waals surface area contributed by atoms with E-state index in [1.54, 1.807) is 18.2 Å². The van der Waals surface area contributed by atoms with Crippen LogP contribution in [0.25, 0.3) is 10.4 Å². The van der Waals surface area contributed by atoms with Crippen molar-refractivity contribution in [1.82, 2.24) is 0 Å². The molecule has 0 bridgehead atoms. The molecule has 0 amide bonds. The summed E-state index contributed by atoms with van der Waals surface area (Å²) in [5, 5.41) is 2.86. The summed E-state index contributed by atoms with van der Waals surface area (Å²) in [5.74, 6) is -0.638. The normalized spacial score (nSPS) is 11.9. The summed E-state index contributed by atoms with van der Waals surface area (Å²) in [6.07, 6.45) is 0. The molecule has 8 heteroatoms. The molecule has 1 aromatic carbocycles. The summed E-state index contributed by atoms with van der Waals surface area (Å²) in [6.45, 7) is 0. The van der Waals surface area contributed by atoms with E-state index in [2.05, 4.69) is 14.4 Å². The molecule has 0 aromatic heterocycles. The lowest BCUT2D eigenvalue weighted by molar-refractivity contribution is 0.598. The van der Waals surface area contributed by atoms with Crippen molar-refractivity contribution in [3.63, 3.8) is 0 Å². The molecule has 0 unspecified atom stereocenters. The van der Waals surface area contributed by atoms with E-state index in [0.717, 1.165) is 0 Å². The van der Waals surface area contributed by atoms with E-state index in [1.807, 2.05) is 0 Å². The highest BCUT2D eigenvalue weighted by Crippen LogP contribution is 2.10. The van der Waals surface area contributed by atoms with Crippen LogP contribution in [0.3, 0.4) is 0 Å². The van der Waals surface area contributed by atoms with Crippen LogP contribution in [0.5, 0.6) is 0 Å². The van der Waals surface area contributed by atoms with Gasteiger partial charge in [0, 0.05) is 4.91 Å². The number of hydrogen-bond acceptors (Lipinski definition) is 2. The van der Waals surface area contributed by atoms with Crippen LogP contribution in [-0.4, -0.2) is 14.4 Å². The molecule has 0 aliphatic carbocycles. The molecule has 0 atom stereocenters. The number of sulfonamides is 1. The predicted octanol–water partition coefficient (Wildman–Crippen LogP) is 1.00. The van der Waals surface area contributed by atoms with Gasteiger partial charge in [-0.25, -0.2) is 0 Å². The first-order chi connectivity index (χ1) is 7.06. The minimum absolute atomic E-state index is 0.0129. The molecule has 0 saturated carbocycles. The topological polar surface area (TPSA) is 121 Å². The van der Waals surface area contributed by atoms with Crippen molar-refractivity contribution in [3.05, 3.63) is 40.8 Å². The number of nitrogens with two attached hydrogens (primary N) is 1. The average Bonchev–Trinajstić information content (AvgIpc) is 2.18. The molecule has 0 radical (unpaired) electrons. The first-order valence-electron chi connectivity index (χ1n) is 3.77. The minimum Gasteiger partial charge on any atom is -0.381 e. The van der Waals surface area contributed by atoms with Gasteiger partial charge in [0.1, 0.15) is 0 Å². The Morgan fingerprint density at radius 1 is 1.33 bits per heavy atom. The maximum atomic E-state index is 11.5.